The zero-order chi connectivity index (χ0) is 10.3. The Balaban J connectivity index is 4.24. The third-order valence-electron chi connectivity index (χ3n) is 3.15. The molecule has 0 aliphatic rings. The molecule has 0 heteroatoms. The molecule has 0 atom stereocenters. The molecule has 0 bridgehead atoms. The first kappa shape index (κ1) is 13.0. The highest BCUT2D eigenvalue weighted by Crippen LogP contribution is 2.39. The highest BCUT2D eigenvalue weighted by atomic mass is 14.3. The summed E-state index contributed by atoms with van der Waals surface area (Å²) in [7, 11) is 0. The number of rotatable bonds is 7. The van der Waals surface area contributed by atoms with Crippen LogP contribution in [0.4, 0.5) is 0 Å². The van der Waals surface area contributed by atoms with E-state index in [4.69, 9.17) is 0 Å². The molecule has 0 rings (SSSR count). The average Bonchev–Trinajstić information content (AvgIpc) is 2.04. The van der Waals surface area contributed by atoms with Crippen molar-refractivity contribution in [3.05, 3.63) is 0 Å². The smallest absolute Gasteiger partial charge is 0.0298 e. The van der Waals surface area contributed by atoms with Gasteiger partial charge in [-0.05, 0) is 30.6 Å². The van der Waals surface area contributed by atoms with Gasteiger partial charge in [-0.15, -0.1) is 0 Å². The SMILES string of the molecule is CCCC(CC)(CCC)CC(C)C. The van der Waals surface area contributed by atoms with Crippen LogP contribution in [0.3, 0.4) is 0 Å². The van der Waals surface area contributed by atoms with Crippen molar-refractivity contribution in [3.63, 3.8) is 0 Å². The van der Waals surface area contributed by atoms with Crippen LogP contribution in [0.15, 0.2) is 0 Å². The Labute approximate surface area is 85.1 Å². The van der Waals surface area contributed by atoms with E-state index in [1.54, 1.807) is 0 Å². The summed E-state index contributed by atoms with van der Waals surface area (Å²) in [5, 5.41) is 0. The van der Waals surface area contributed by atoms with Crippen LogP contribution in [-0.2, 0) is 0 Å². The standard InChI is InChI=1S/C13H28/c1-6-9-13(8-3,10-7-2)11-12(4)5/h12H,6-11H2,1-5H3. The zero-order valence-corrected chi connectivity index (χ0v) is 10.3. The first-order valence-electron chi connectivity index (χ1n) is 6.10. The van der Waals surface area contributed by atoms with Crippen LogP contribution in [0.5, 0.6) is 0 Å². The highest BCUT2D eigenvalue weighted by Gasteiger charge is 2.26. The normalized spacial score (nSPS) is 12.5. The van der Waals surface area contributed by atoms with E-state index in [1.165, 1.54) is 38.5 Å². The summed E-state index contributed by atoms with van der Waals surface area (Å²) in [4.78, 5) is 0. The van der Waals surface area contributed by atoms with Gasteiger partial charge < -0.3 is 0 Å². The van der Waals surface area contributed by atoms with Crippen LogP contribution < -0.4 is 0 Å². The van der Waals surface area contributed by atoms with Crippen LogP contribution in [0.25, 0.3) is 0 Å². The van der Waals surface area contributed by atoms with Crippen molar-refractivity contribution in [1.29, 1.82) is 0 Å². The maximum atomic E-state index is 2.37. The third-order valence-corrected chi connectivity index (χ3v) is 3.15. The second kappa shape index (κ2) is 6.45. The first-order valence-corrected chi connectivity index (χ1v) is 6.10. The fraction of sp³-hybridized carbons (Fsp3) is 1.00. The molecule has 0 amide bonds. The lowest BCUT2D eigenvalue weighted by atomic mass is 9.71. The van der Waals surface area contributed by atoms with Gasteiger partial charge in [-0.25, -0.2) is 0 Å². The Hall–Kier alpha value is 0. The quantitative estimate of drug-likeness (QED) is 0.520. The van der Waals surface area contributed by atoms with Gasteiger partial charge >= 0.3 is 0 Å². The Kier molecular flexibility index (Phi) is 6.45. The maximum Gasteiger partial charge on any atom is -0.0298 e. The van der Waals surface area contributed by atoms with Gasteiger partial charge in [0.1, 0.15) is 0 Å². The topological polar surface area (TPSA) is 0 Å². The van der Waals surface area contributed by atoms with Gasteiger partial charge in [-0.3, -0.25) is 0 Å². The molecule has 13 heavy (non-hydrogen) atoms. The summed E-state index contributed by atoms with van der Waals surface area (Å²) < 4.78 is 0. The molecule has 0 aromatic carbocycles. The van der Waals surface area contributed by atoms with Crippen molar-refractivity contribution < 1.29 is 0 Å². The van der Waals surface area contributed by atoms with Crippen molar-refractivity contribution >= 4 is 0 Å². The molecular weight excluding hydrogens is 156 g/mol. The third kappa shape index (κ3) is 4.69. The Morgan fingerprint density at radius 3 is 1.62 bits per heavy atom. The van der Waals surface area contributed by atoms with Crippen LogP contribution in [0, 0.1) is 11.3 Å². The van der Waals surface area contributed by atoms with Gasteiger partial charge in [-0.2, -0.15) is 0 Å². The molecule has 0 unspecified atom stereocenters. The lowest BCUT2D eigenvalue weighted by Crippen LogP contribution is -2.21. The monoisotopic (exact) mass is 184 g/mol. The molecule has 80 valence electrons. The molecule has 0 saturated heterocycles. The second-order valence-corrected chi connectivity index (χ2v) is 4.95. The largest absolute Gasteiger partial charge is 0.0654 e. The highest BCUT2D eigenvalue weighted by molar-refractivity contribution is 4.78. The van der Waals surface area contributed by atoms with Gasteiger partial charge in [0, 0.05) is 0 Å². The molecule has 0 radical (unpaired) electrons. The molecule has 0 saturated carbocycles. The van der Waals surface area contributed by atoms with E-state index in [1.807, 2.05) is 0 Å². The second-order valence-electron chi connectivity index (χ2n) is 4.95. The van der Waals surface area contributed by atoms with Gasteiger partial charge in [-0.1, -0.05) is 53.9 Å². The Bertz CT molecular complexity index is 107. The zero-order valence-electron chi connectivity index (χ0n) is 10.3. The number of hydrogen-bond donors (Lipinski definition) is 0. The molecule has 0 aliphatic carbocycles. The average molecular weight is 184 g/mol. The van der Waals surface area contributed by atoms with Crippen molar-refractivity contribution in [2.45, 2.75) is 73.1 Å². The predicted molar refractivity (Wildman–Crippen MR) is 62.0 cm³/mol. The van der Waals surface area contributed by atoms with Crippen LogP contribution in [0.1, 0.15) is 73.1 Å². The minimum Gasteiger partial charge on any atom is -0.0654 e. The molecule has 0 N–H and O–H groups in total. The van der Waals surface area contributed by atoms with Crippen molar-refractivity contribution in [1.82, 2.24) is 0 Å². The van der Waals surface area contributed by atoms with Gasteiger partial charge in [0.2, 0.25) is 0 Å². The van der Waals surface area contributed by atoms with E-state index < -0.39 is 0 Å². The minimum atomic E-state index is 0.664. The number of hydrogen-bond acceptors (Lipinski definition) is 0. The molecule has 0 aromatic rings. The van der Waals surface area contributed by atoms with Crippen LogP contribution in [-0.4, -0.2) is 0 Å². The van der Waals surface area contributed by atoms with E-state index in [-0.39, 0.29) is 0 Å². The summed E-state index contributed by atoms with van der Waals surface area (Å²) in [6.45, 7) is 11.7. The van der Waals surface area contributed by atoms with Crippen molar-refractivity contribution in [3.8, 4) is 0 Å². The molecule has 0 aromatic heterocycles. The Morgan fingerprint density at radius 1 is 0.923 bits per heavy atom. The molecule has 0 heterocycles. The van der Waals surface area contributed by atoms with E-state index in [0.29, 0.717) is 5.41 Å². The molecule has 0 aliphatic heterocycles. The lowest BCUT2D eigenvalue weighted by molar-refractivity contribution is 0.177. The molecule has 0 nitrogen and oxygen atoms in total. The maximum absolute atomic E-state index is 2.37. The van der Waals surface area contributed by atoms with Gasteiger partial charge in [0.15, 0.2) is 0 Å². The molecule has 0 spiro atoms. The summed E-state index contributed by atoms with van der Waals surface area (Å²) >= 11 is 0. The van der Waals surface area contributed by atoms with E-state index in [0.717, 1.165) is 5.92 Å². The fourth-order valence-corrected chi connectivity index (χ4v) is 2.75. The first-order chi connectivity index (χ1) is 6.10. The summed E-state index contributed by atoms with van der Waals surface area (Å²) in [5.41, 5.74) is 0.664. The molecule has 0 fully saturated rings. The Morgan fingerprint density at radius 2 is 1.38 bits per heavy atom. The molecular formula is C13H28. The van der Waals surface area contributed by atoms with Gasteiger partial charge in [0.25, 0.3) is 0 Å². The minimum absolute atomic E-state index is 0.664. The van der Waals surface area contributed by atoms with Crippen molar-refractivity contribution in [2.24, 2.45) is 11.3 Å². The summed E-state index contributed by atoms with van der Waals surface area (Å²) in [5.74, 6) is 0.859. The predicted octanol–water partition coefficient (Wildman–Crippen LogP) is 5.03. The summed E-state index contributed by atoms with van der Waals surface area (Å²) in [6.07, 6.45) is 8.34. The fourth-order valence-electron chi connectivity index (χ4n) is 2.75. The summed E-state index contributed by atoms with van der Waals surface area (Å²) in [6, 6.07) is 0. The van der Waals surface area contributed by atoms with Crippen LogP contribution in [0.2, 0.25) is 0 Å². The van der Waals surface area contributed by atoms with E-state index in [9.17, 15) is 0 Å². The lowest BCUT2D eigenvalue weighted by Gasteiger charge is -2.34. The van der Waals surface area contributed by atoms with Gasteiger partial charge in [0.05, 0.1) is 0 Å². The van der Waals surface area contributed by atoms with E-state index in [2.05, 4.69) is 34.6 Å². The van der Waals surface area contributed by atoms with Crippen LogP contribution >= 0.6 is 0 Å². The van der Waals surface area contributed by atoms with E-state index >= 15 is 0 Å². The van der Waals surface area contributed by atoms with Crippen molar-refractivity contribution in [2.75, 3.05) is 0 Å².